The molecule has 1 amide bonds. The monoisotopic (exact) mass is 493 g/mol. The average Bonchev–Trinajstić information content (AvgIpc) is 2.94. The van der Waals surface area contributed by atoms with Crippen molar-refractivity contribution in [3.05, 3.63) is 90.0 Å². The zero-order valence-electron chi connectivity index (χ0n) is 21.0. The Balaban J connectivity index is 1.43. The first-order valence-corrected chi connectivity index (χ1v) is 13.0. The summed E-state index contributed by atoms with van der Waals surface area (Å²) in [4.78, 5) is 30.6. The first-order chi connectivity index (χ1) is 18.1. The van der Waals surface area contributed by atoms with Gasteiger partial charge in [0.15, 0.2) is 0 Å². The molecule has 3 aromatic carbocycles. The van der Waals surface area contributed by atoms with Crippen LogP contribution in [0.1, 0.15) is 59.7 Å². The fraction of sp³-hybridized carbons (Fsp3) is 0.258. The minimum atomic E-state index is -0.412. The van der Waals surface area contributed by atoms with Crippen LogP contribution >= 0.6 is 0 Å². The number of pyridine rings is 1. The normalized spacial score (nSPS) is 13.8. The van der Waals surface area contributed by atoms with E-state index in [-0.39, 0.29) is 12.5 Å². The molecule has 0 saturated heterocycles. The number of fused-ring (bicyclic) bond motifs is 1. The van der Waals surface area contributed by atoms with E-state index < -0.39 is 5.97 Å². The maximum atomic E-state index is 13.4. The van der Waals surface area contributed by atoms with Crippen molar-refractivity contribution in [1.82, 2.24) is 4.98 Å². The number of benzene rings is 3. The molecule has 37 heavy (non-hydrogen) atoms. The molecule has 1 aliphatic carbocycles. The summed E-state index contributed by atoms with van der Waals surface area (Å²) in [5.74, 6) is -0.674. The molecule has 1 heterocycles. The second-order valence-corrected chi connectivity index (χ2v) is 9.38. The van der Waals surface area contributed by atoms with E-state index in [1.807, 2.05) is 54.6 Å². The second-order valence-electron chi connectivity index (χ2n) is 9.38. The van der Waals surface area contributed by atoms with Gasteiger partial charge in [-0.25, -0.2) is 9.78 Å². The SMILES string of the molecule is CCOC(=O)c1ccc(NC2CCCCC2)c(NC(=O)c2ccc3ccc(-c4ccccc4)nc3c2)c1. The predicted octanol–water partition coefficient (Wildman–Crippen LogP) is 7.08. The van der Waals surface area contributed by atoms with Crippen LogP contribution in [0.5, 0.6) is 0 Å². The molecule has 0 spiro atoms. The molecule has 0 unspecified atom stereocenters. The van der Waals surface area contributed by atoms with Crippen molar-refractivity contribution >= 4 is 34.2 Å². The van der Waals surface area contributed by atoms with Crippen molar-refractivity contribution in [2.45, 2.75) is 45.1 Å². The topological polar surface area (TPSA) is 80.3 Å². The van der Waals surface area contributed by atoms with Crippen LogP contribution in [0.4, 0.5) is 11.4 Å². The number of amides is 1. The fourth-order valence-corrected chi connectivity index (χ4v) is 4.80. The number of carbonyl (C=O) groups excluding carboxylic acids is 2. The van der Waals surface area contributed by atoms with Crippen LogP contribution in [-0.2, 0) is 4.74 Å². The Bertz CT molecular complexity index is 1410. The van der Waals surface area contributed by atoms with Crippen molar-refractivity contribution in [3.8, 4) is 11.3 Å². The highest BCUT2D eigenvalue weighted by molar-refractivity contribution is 6.08. The number of nitrogens with one attached hydrogen (secondary N) is 2. The van der Waals surface area contributed by atoms with Gasteiger partial charge in [-0.1, -0.05) is 61.7 Å². The lowest BCUT2D eigenvalue weighted by molar-refractivity contribution is 0.0526. The van der Waals surface area contributed by atoms with E-state index >= 15 is 0 Å². The van der Waals surface area contributed by atoms with Gasteiger partial charge in [0.05, 0.1) is 34.8 Å². The third-order valence-electron chi connectivity index (χ3n) is 6.77. The lowest BCUT2D eigenvalue weighted by Crippen LogP contribution is -2.23. The third kappa shape index (κ3) is 5.80. The number of rotatable bonds is 7. The van der Waals surface area contributed by atoms with Gasteiger partial charge in [0.25, 0.3) is 5.91 Å². The minimum absolute atomic E-state index is 0.262. The zero-order chi connectivity index (χ0) is 25.6. The van der Waals surface area contributed by atoms with Crippen molar-refractivity contribution in [3.63, 3.8) is 0 Å². The third-order valence-corrected chi connectivity index (χ3v) is 6.77. The largest absolute Gasteiger partial charge is 0.462 e. The van der Waals surface area contributed by atoms with E-state index in [9.17, 15) is 9.59 Å². The highest BCUT2D eigenvalue weighted by Gasteiger charge is 2.18. The van der Waals surface area contributed by atoms with Crippen LogP contribution in [0.15, 0.2) is 78.9 Å². The van der Waals surface area contributed by atoms with Crippen LogP contribution < -0.4 is 10.6 Å². The number of hydrogen-bond donors (Lipinski definition) is 2. The molecule has 1 saturated carbocycles. The Morgan fingerprint density at radius 3 is 2.41 bits per heavy atom. The highest BCUT2D eigenvalue weighted by atomic mass is 16.5. The van der Waals surface area contributed by atoms with Gasteiger partial charge in [-0.2, -0.15) is 0 Å². The molecule has 2 N–H and O–H groups in total. The summed E-state index contributed by atoms with van der Waals surface area (Å²) >= 11 is 0. The minimum Gasteiger partial charge on any atom is -0.462 e. The molecular weight excluding hydrogens is 462 g/mol. The van der Waals surface area contributed by atoms with Crippen molar-refractivity contribution in [1.29, 1.82) is 0 Å². The Morgan fingerprint density at radius 1 is 0.865 bits per heavy atom. The summed E-state index contributed by atoms with van der Waals surface area (Å²) < 4.78 is 5.18. The first-order valence-electron chi connectivity index (χ1n) is 13.0. The number of nitrogens with zero attached hydrogens (tertiary/aromatic N) is 1. The number of aromatic nitrogens is 1. The maximum absolute atomic E-state index is 13.4. The summed E-state index contributed by atoms with van der Waals surface area (Å²) in [5, 5.41) is 7.57. The molecule has 0 bridgehead atoms. The Hall–Kier alpha value is -4.19. The number of hydrogen-bond acceptors (Lipinski definition) is 5. The Kier molecular flexibility index (Phi) is 7.45. The van der Waals surface area contributed by atoms with Gasteiger partial charge in [-0.15, -0.1) is 0 Å². The molecule has 1 aliphatic rings. The average molecular weight is 494 g/mol. The quantitative estimate of drug-likeness (QED) is 0.269. The smallest absolute Gasteiger partial charge is 0.338 e. The van der Waals surface area contributed by atoms with E-state index in [2.05, 4.69) is 10.6 Å². The number of ether oxygens (including phenoxy) is 1. The van der Waals surface area contributed by atoms with E-state index in [0.717, 1.165) is 40.7 Å². The van der Waals surface area contributed by atoms with Crippen molar-refractivity contribution in [2.75, 3.05) is 17.2 Å². The lowest BCUT2D eigenvalue weighted by atomic mass is 9.95. The Labute approximate surface area is 217 Å². The van der Waals surface area contributed by atoms with E-state index in [0.29, 0.717) is 22.9 Å². The van der Waals surface area contributed by atoms with Gasteiger partial charge in [-0.3, -0.25) is 4.79 Å². The Morgan fingerprint density at radius 2 is 1.62 bits per heavy atom. The van der Waals surface area contributed by atoms with Crippen LogP contribution in [0, 0.1) is 0 Å². The number of carbonyl (C=O) groups is 2. The van der Waals surface area contributed by atoms with Gasteiger partial charge in [0.2, 0.25) is 0 Å². The number of esters is 1. The molecule has 0 atom stereocenters. The molecule has 1 fully saturated rings. The molecule has 6 nitrogen and oxygen atoms in total. The van der Waals surface area contributed by atoms with E-state index in [1.165, 1.54) is 19.3 Å². The van der Waals surface area contributed by atoms with Crippen LogP contribution in [-0.4, -0.2) is 29.5 Å². The first kappa shape index (κ1) is 24.5. The predicted molar refractivity (Wildman–Crippen MR) is 148 cm³/mol. The van der Waals surface area contributed by atoms with E-state index in [4.69, 9.17) is 9.72 Å². The summed E-state index contributed by atoms with van der Waals surface area (Å²) in [6.07, 6.45) is 5.82. The zero-order valence-corrected chi connectivity index (χ0v) is 21.0. The van der Waals surface area contributed by atoms with Gasteiger partial charge < -0.3 is 15.4 Å². The summed E-state index contributed by atoms with van der Waals surface area (Å²) in [5.41, 5.74) is 4.88. The second kappa shape index (κ2) is 11.2. The van der Waals surface area contributed by atoms with Gasteiger partial charge in [0.1, 0.15) is 0 Å². The number of anilines is 2. The molecule has 0 aliphatic heterocycles. The van der Waals surface area contributed by atoms with Crippen LogP contribution in [0.25, 0.3) is 22.2 Å². The standard InChI is InChI=1S/C31H31N3O3/c1-2-37-31(36)24-16-18-27(32-25-11-7-4-8-12-25)29(20-24)34-30(35)23-14-13-22-15-17-26(33-28(22)19-23)21-9-5-3-6-10-21/h3,5-6,9-10,13-20,25,32H,2,4,7-8,11-12H2,1H3,(H,34,35). The molecule has 0 radical (unpaired) electrons. The summed E-state index contributed by atoms with van der Waals surface area (Å²) in [6.45, 7) is 2.06. The molecule has 4 aromatic rings. The molecule has 6 heteroatoms. The van der Waals surface area contributed by atoms with Gasteiger partial charge in [-0.05, 0) is 56.2 Å². The highest BCUT2D eigenvalue weighted by Crippen LogP contribution is 2.29. The van der Waals surface area contributed by atoms with E-state index in [1.54, 1.807) is 31.2 Å². The maximum Gasteiger partial charge on any atom is 0.338 e. The van der Waals surface area contributed by atoms with Crippen LogP contribution in [0.2, 0.25) is 0 Å². The van der Waals surface area contributed by atoms with Gasteiger partial charge >= 0.3 is 5.97 Å². The molecular formula is C31H31N3O3. The summed E-state index contributed by atoms with van der Waals surface area (Å²) in [7, 11) is 0. The fourth-order valence-electron chi connectivity index (χ4n) is 4.80. The molecule has 188 valence electrons. The van der Waals surface area contributed by atoms with Crippen LogP contribution in [0.3, 0.4) is 0 Å². The molecule has 1 aromatic heterocycles. The lowest BCUT2D eigenvalue weighted by Gasteiger charge is -2.25. The molecule has 5 rings (SSSR count). The summed E-state index contributed by atoms with van der Waals surface area (Å²) in [6, 6.07) is 25.1. The van der Waals surface area contributed by atoms with Gasteiger partial charge in [0, 0.05) is 22.6 Å². The van der Waals surface area contributed by atoms with Crippen molar-refractivity contribution in [2.24, 2.45) is 0 Å². The van der Waals surface area contributed by atoms with Crippen molar-refractivity contribution < 1.29 is 14.3 Å².